The lowest BCUT2D eigenvalue weighted by molar-refractivity contribution is -0.131. The molecule has 0 aliphatic rings. The van der Waals surface area contributed by atoms with E-state index < -0.39 is 0 Å². The van der Waals surface area contributed by atoms with Gasteiger partial charge in [0, 0.05) is 20.0 Å². The lowest BCUT2D eigenvalue weighted by Crippen LogP contribution is -2.33. The molecule has 98 valence electrons. The summed E-state index contributed by atoms with van der Waals surface area (Å²) in [6, 6.07) is 4.97. The smallest absolute Gasteiger partial charge is 0.244 e. The van der Waals surface area contributed by atoms with E-state index in [1.807, 2.05) is 0 Å². The van der Waals surface area contributed by atoms with Crippen molar-refractivity contribution in [3.8, 4) is 5.75 Å². The zero-order valence-corrected chi connectivity index (χ0v) is 10.7. The van der Waals surface area contributed by atoms with Gasteiger partial charge in [-0.25, -0.2) is 0 Å². The Bertz CT molecular complexity index is 460. The van der Waals surface area contributed by atoms with Gasteiger partial charge < -0.3 is 20.7 Å². The Labute approximate surface area is 106 Å². The Hall–Kier alpha value is -2.24. The van der Waals surface area contributed by atoms with Crippen LogP contribution < -0.4 is 15.8 Å². The van der Waals surface area contributed by atoms with Crippen LogP contribution in [0.1, 0.15) is 6.92 Å². The summed E-state index contributed by atoms with van der Waals surface area (Å²) in [6.07, 6.45) is 0. The maximum Gasteiger partial charge on any atom is 0.244 e. The van der Waals surface area contributed by atoms with Crippen molar-refractivity contribution in [1.29, 1.82) is 0 Å². The summed E-state index contributed by atoms with van der Waals surface area (Å²) in [5.41, 5.74) is 6.64. The highest BCUT2D eigenvalue weighted by Gasteiger charge is 2.10. The Kier molecular flexibility index (Phi) is 4.53. The highest BCUT2D eigenvalue weighted by molar-refractivity contribution is 5.96. The lowest BCUT2D eigenvalue weighted by atomic mass is 10.2. The van der Waals surface area contributed by atoms with Crippen molar-refractivity contribution in [3.05, 3.63) is 18.2 Å². The molecule has 0 radical (unpaired) electrons. The maximum atomic E-state index is 11.7. The predicted octanol–water partition coefficient (Wildman–Crippen LogP) is 0.694. The second kappa shape index (κ2) is 5.90. The van der Waals surface area contributed by atoms with E-state index in [2.05, 4.69) is 5.32 Å². The minimum absolute atomic E-state index is 0.0218. The van der Waals surface area contributed by atoms with E-state index in [-0.39, 0.29) is 18.4 Å². The van der Waals surface area contributed by atoms with Crippen LogP contribution in [-0.2, 0) is 9.59 Å². The van der Waals surface area contributed by atoms with Crippen LogP contribution in [0.2, 0.25) is 0 Å². The molecule has 0 aliphatic heterocycles. The highest BCUT2D eigenvalue weighted by Crippen LogP contribution is 2.24. The van der Waals surface area contributed by atoms with Gasteiger partial charge in [0.1, 0.15) is 5.75 Å². The Morgan fingerprint density at radius 1 is 1.44 bits per heavy atom. The van der Waals surface area contributed by atoms with E-state index in [0.717, 1.165) is 0 Å². The summed E-state index contributed by atoms with van der Waals surface area (Å²) in [4.78, 5) is 24.0. The maximum absolute atomic E-state index is 11.7. The van der Waals surface area contributed by atoms with Crippen LogP contribution >= 0.6 is 0 Å². The van der Waals surface area contributed by atoms with E-state index in [4.69, 9.17) is 10.5 Å². The van der Waals surface area contributed by atoms with Gasteiger partial charge in [-0.3, -0.25) is 9.59 Å². The van der Waals surface area contributed by atoms with Gasteiger partial charge in [0.05, 0.1) is 25.0 Å². The molecule has 18 heavy (non-hydrogen) atoms. The van der Waals surface area contributed by atoms with Gasteiger partial charge >= 0.3 is 0 Å². The Balaban J connectivity index is 2.72. The van der Waals surface area contributed by atoms with Gasteiger partial charge in [-0.1, -0.05) is 0 Å². The Morgan fingerprint density at radius 3 is 2.67 bits per heavy atom. The topological polar surface area (TPSA) is 84.7 Å². The molecule has 6 nitrogen and oxygen atoms in total. The van der Waals surface area contributed by atoms with Crippen LogP contribution in [0.25, 0.3) is 0 Å². The van der Waals surface area contributed by atoms with Crippen molar-refractivity contribution in [2.75, 3.05) is 31.8 Å². The number of amides is 2. The molecular formula is C12H17N3O3. The molecule has 6 heteroatoms. The van der Waals surface area contributed by atoms with Crippen molar-refractivity contribution in [2.24, 2.45) is 0 Å². The molecule has 0 heterocycles. The third kappa shape index (κ3) is 3.65. The number of carbonyl (C=O) groups is 2. The number of nitrogen functional groups attached to an aromatic ring is 1. The molecule has 0 bridgehead atoms. The van der Waals surface area contributed by atoms with E-state index in [1.165, 1.54) is 18.9 Å². The zero-order valence-electron chi connectivity index (χ0n) is 10.7. The van der Waals surface area contributed by atoms with Crippen molar-refractivity contribution < 1.29 is 14.3 Å². The van der Waals surface area contributed by atoms with Crippen LogP contribution in [0.15, 0.2) is 18.2 Å². The van der Waals surface area contributed by atoms with Crippen LogP contribution in [0.4, 0.5) is 11.4 Å². The number of nitrogens with one attached hydrogen (secondary N) is 1. The average Bonchev–Trinajstić information content (AvgIpc) is 2.31. The first-order valence-corrected chi connectivity index (χ1v) is 5.39. The molecule has 0 unspecified atom stereocenters. The number of methoxy groups -OCH3 is 1. The number of benzene rings is 1. The number of rotatable bonds is 4. The lowest BCUT2D eigenvalue weighted by Gasteiger charge is -2.15. The zero-order chi connectivity index (χ0) is 13.7. The Morgan fingerprint density at radius 2 is 2.11 bits per heavy atom. The largest absolute Gasteiger partial charge is 0.497 e. The van der Waals surface area contributed by atoms with Crippen molar-refractivity contribution >= 4 is 23.2 Å². The fourth-order valence-corrected chi connectivity index (χ4v) is 1.29. The summed E-state index contributed by atoms with van der Waals surface area (Å²) in [5, 5.41) is 2.63. The fourth-order valence-electron chi connectivity index (χ4n) is 1.29. The molecule has 1 aromatic carbocycles. The van der Waals surface area contributed by atoms with Gasteiger partial charge in [-0.15, -0.1) is 0 Å². The van der Waals surface area contributed by atoms with Gasteiger partial charge in [0.15, 0.2) is 0 Å². The molecule has 0 fully saturated rings. The van der Waals surface area contributed by atoms with E-state index in [9.17, 15) is 9.59 Å². The van der Waals surface area contributed by atoms with Gasteiger partial charge in [-0.2, -0.15) is 0 Å². The molecule has 2 amide bonds. The summed E-state index contributed by atoms with van der Waals surface area (Å²) < 4.78 is 5.04. The van der Waals surface area contributed by atoms with Crippen LogP contribution in [0.3, 0.4) is 0 Å². The second-order valence-corrected chi connectivity index (χ2v) is 3.88. The normalized spacial score (nSPS) is 9.72. The number of nitrogens with zero attached hydrogens (tertiary/aromatic N) is 1. The van der Waals surface area contributed by atoms with Crippen LogP contribution in [0, 0.1) is 0 Å². The molecule has 0 saturated heterocycles. The predicted molar refractivity (Wildman–Crippen MR) is 69.3 cm³/mol. The molecule has 1 aromatic rings. The molecule has 0 aliphatic carbocycles. The van der Waals surface area contributed by atoms with Crippen molar-refractivity contribution in [2.45, 2.75) is 6.92 Å². The summed E-state index contributed by atoms with van der Waals surface area (Å²) in [7, 11) is 3.08. The first-order valence-electron chi connectivity index (χ1n) is 5.39. The minimum Gasteiger partial charge on any atom is -0.497 e. The second-order valence-electron chi connectivity index (χ2n) is 3.88. The number of likely N-dealkylation sites (N-methyl/N-ethyl adjacent to an activating group) is 1. The number of carbonyl (C=O) groups excluding carboxylic acids is 2. The number of hydrogen-bond acceptors (Lipinski definition) is 4. The van der Waals surface area contributed by atoms with Gasteiger partial charge in [0.25, 0.3) is 0 Å². The third-order valence-electron chi connectivity index (χ3n) is 2.45. The van der Waals surface area contributed by atoms with Crippen molar-refractivity contribution in [1.82, 2.24) is 4.90 Å². The van der Waals surface area contributed by atoms with E-state index >= 15 is 0 Å². The number of hydrogen-bond donors (Lipinski definition) is 2. The van der Waals surface area contributed by atoms with E-state index in [0.29, 0.717) is 17.1 Å². The molecule has 1 rings (SSSR count). The van der Waals surface area contributed by atoms with E-state index in [1.54, 1.807) is 25.2 Å². The molecular weight excluding hydrogens is 234 g/mol. The molecule has 0 atom stereocenters. The standard InChI is InChI=1S/C12H17N3O3/c1-8(16)15(2)7-12(17)14-11-6-9(18-3)4-5-10(11)13/h4-6H,7,13H2,1-3H3,(H,14,17). The van der Waals surface area contributed by atoms with Crippen LogP contribution in [-0.4, -0.2) is 37.4 Å². The first-order chi connectivity index (χ1) is 8.43. The third-order valence-corrected chi connectivity index (χ3v) is 2.45. The highest BCUT2D eigenvalue weighted by atomic mass is 16.5. The monoisotopic (exact) mass is 251 g/mol. The number of nitrogens with two attached hydrogens (primary N) is 1. The molecule has 0 spiro atoms. The van der Waals surface area contributed by atoms with Gasteiger partial charge in [-0.05, 0) is 12.1 Å². The van der Waals surface area contributed by atoms with Gasteiger partial charge in [0.2, 0.25) is 11.8 Å². The van der Waals surface area contributed by atoms with Crippen LogP contribution in [0.5, 0.6) is 5.75 Å². The quantitative estimate of drug-likeness (QED) is 0.771. The SMILES string of the molecule is COc1ccc(N)c(NC(=O)CN(C)C(C)=O)c1. The number of ether oxygens (including phenoxy) is 1. The summed E-state index contributed by atoms with van der Waals surface area (Å²) >= 11 is 0. The average molecular weight is 251 g/mol. The molecule has 0 aromatic heterocycles. The summed E-state index contributed by atoms with van der Waals surface area (Å²) in [6.45, 7) is 1.37. The fraction of sp³-hybridized carbons (Fsp3) is 0.333. The molecule has 0 saturated carbocycles. The summed E-state index contributed by atoms with van der Waals surface area (Å²) in [5.74, 6) is 0.107. The minimum atomic E-state index is -0.312. The first kappa shape index (κ1) is 13.8. The number of anilines is 2. The van der Waals surface area contributed by atoms with Crippen molar-refractivity contribution in [3.63, 3.8) is 0 Å². The molecule has 3 N–H and O–H groups in total.